The van der Waals surface area contributed by atoms with Crippen molar-refractivity contribution in [3.05, 3.63) is 10.5 Å². The van der Waals surface area contributed by atoms with Crippen LogP contribution in [0.1, 0.15) is 39.5 Å². The van der Waals surface area contributed by atoms with Crippen molar-refractivity contribution in [2.45, 2.75) is 39.5 Å². The number of rotatable bonds is 2. The van der Waals surface area contributed by atoms with Gasteiger partial charge in [0.15, 0.2) is 5.17 Å². The fraction of sp³-hybridized carbons (Fsp3) is 0.667. The fourth-order valence-corrected chi connectivity index (χ4v) is 2.96. The van der Waals surface area contributed by atoms with Crippen LogP contribution in [-0.2, 0) is 4.79 Å². The molecule has 0 unspecified atom stereocenters. The molecule has 0 aromatic heterocycles. The van der Waals surface area contributed by atoms with Crippen molar-refractivity contribution in [2.75, 3.05) is 6.54 Å². The summed E-state index contributed by atoms with van der Waals surface area (Å²) in [5, 5.41) is 4.08. The molecule has 1 N–H and O–H groups in total. The normalized spacial score (nSPS) is 21.5. The first-order valence-electron chi connectivity index (χ1n) is 5.89. The van der Waals surface area contributed by atoms with Gasteiger partial charge < -0.3 is 5.32 Å². The van der Waals surface area contributed by atoms with Gasteiger partial charge in [0, 0.05) is 6.54 Å². The lowest BCUT2D eigenvalue weighted by Crippen LogP contribution is -2.25. The van der Waals surface area contributed by atoms with Crippen molar-refractivity contribution < 1.29 is 4.79 Å². The molecule has 1 amide bonds. The van der Waals surface area contributed by atoms with Crippen LogP contribution in [0, 0.1) is 5.92 Å². The number of hydrogen-bond donors (Lipinski definition) is 1. The second-order valence-electron chi connectivity index (χ2n) is 4.68. The summed E-state index contributed by atoms with van der Waals surface area (Å²) in [7, 11) is 0. The largest absolute Gasteiger partial charge is 0.364 e. The SMILES string of the molecule is CC(C)=C1SC(NCC2CCCC2)=NC1=O. The van der Waals surface area contributed by atoms with E-state index in [1.807, 2.05) is 13.8 Å². The Morgan fingerprint density at radius 2 is 2.12 bits per heavy atom. The molecule has 3 nitrogen and oxygen atoms in total. The summed E-state index contributed by atoms with van der Waals surface area (Å²) < 4.78 is 0. The summed E-state index contributed by atoms with van der Waals surface area (Å²) in [6.45, 7) is 4.88. The molecule has 88 valence electrons. The molecule has 0 aromatic rings. The van der Waals surface area contributed by atoms with Gasteiger partial charge in [-0.15, -0.1) is 0 Å². The predicted octanol–water partition coefficient (Wildman–Crippen LogP) is 2.69. The van der Waals surface area contributed by atoms with Gasteiger partial charge in [0.25, 0.3) is 5.91 Å². The Hall–Kier alpha value is -0.770. The Bertz CT molecular complexity index is 350. The van der Waals surface area contributed by atoms with E-state index >= 15 is 0 Å². The van der Waals surface area contributed by atoms with Crippen molar-refractivity contribution in [1.82, 2.24) is 5.32 Å². The molecule has 0 aromatic carbocycles. The number of nitrogens with one attached hydrogen (secondary N) is 1. The first-order chi connectivity index (χ1) is 7.66. The molecular formula is C12H18N2OS. The molecule has 16 heavy (non-hydrogen) atoms. The average Bonchev–Trinajstić information content (AvgIpc) is 2.83. The fourth-order valence-electron chi connectivity index (χ4n) is 2.14. The molecule has 4 heteroatoms. The van der Waals surface area contributed by atoms with Crippen LogP contribution >= 0.6 is 11.8 Å². The third-order valence-corrected chi connectivity index (χ3v) is 4.28. The Morgan fingerprint density at radius 3 is 2.69 bits per heavy atom. The Balaban J connectivity index is 1.86. The monoisotopic (exact) mass is 238 g/mol. The van der Waals surface area contributed by atoms with E-state index in [0.717, 1.165) is 28.1 Å². The number of aliphatic imine (C=N–C) groups is 1. The van der Waals surface area contributed by atoms with Crippen molar-refractivity contribution >= 4 is 22.8 Å². The van der Waals surface area contributed by atoms with Crippen molar-refractivity contribution in [1.29, 1.82) is 0 Å². The highest BCUT2D eigenvalue weighted by Gasteiger charge is 2.23. The molecule has 1 heterocycles. The van der Waals surface area contributed by atoms with Gasteiger partial charge in [0.1, 0.15) is 0 Å². The number of hydrogen-bond acceptors (Lipinski definition) is 3. The maximum atomic E-state index is 11.5. The van der Waals surface area contributed by atoms with Gasteiger partial charge >= 0.3 is 0 Å². The van der Waals surface area contributed by atoms with E-state index in [1.165, 1.54) is 37.4 Å². The van der Waals surface area contributed by atoms with Crippen LogP contribution in [0.15, 0.2) is 15.5 Å². The third kappa shape index (κ3) is 2.67. The van der Waals surface area contributed by atoms with Gasteiger partial charge in [-0.25, -0.2) is 0 Å². The second-order valence-corrected chi connectivity index (χ2v) is 5.68. The summed E-state index contributed by atoms with van der Waals surface area (Å²) in [4.78, 5) is 16.3. The van der Waals surface area contributed by atoms with Gasteiger partial charge in [-0.1, -0.05) is 18.4 Å². The van der Waals surface area contributed by atoms with E-state index in [2.05, 4.69) is 10.3 Å². The zero-order valence-corrected chi connectivity index (χ0v) is 10.7. The minimum absolute atomic E-state index is 0.0843. The molecule has 0 saturated heterocycles. The number of nitrogens with zero attached hydrogens (tertiary/aromatic N) is 1. The molecule has 1 aliphatic carbocycles. The lowest BCUT2D eigenvalue weighted by atomic mass is 10.1. The van der Waals surface area contributed by atoms with Crippen LogP contribution in [0.4, 0.5) is 0 Å². The number of amidine groups is 1. The first-order valence-corrected chi connectivity index (χ1v) is 6.70. The number of thioether (sulfide) groups is 1. The summed E-state index contributed by atoms with van der Waals surface area (Å²) in [5.41, 5.74) is 1.05. The summed E-state index contributed by atoms with van der Waals surface area (Å²) in [5.74, 6) is 0.688. The average molecular weight is 238 g/mol. The maximum absolute atomic E-state index is 11.5. The first kappa shape index (κ1) is 11.7. The minimum Gasteiger partial charge on any atom is -0.364 e. The number of carbonyl (C=O) groups excluding carboxylic acids is 1. The Kier molecular flexibility index (Phi) is 3.69. The smallest absolute Gasteiger partial charge is 0.286 e. The second kappa shape index (κ2) is 5.04. The van der Waals surface area contributed by atoms with Crippen LogP contribution in [-0.4, -0.2) is 17.6 Å². The highest BCUT2D eigenvalue weighted by Crippen LogP contribution is 2.29. The van der Waals surface area contributed by atoms with E-state index in [1.54, 1.807) is 0 Å². The number of allylic oxidation sites excluding steroid dienone is 1. The molecule has 1 fully saturated rings. The Morgan fingerprint density at radius 1 is 1.44 bits per heavy atom. The van der Waals surface area contributed by atoms with Gasteiger partial charge in [-0.3, -0.25) is 4.79 Å². The lowest BCUT2D eigenvalue weighted by molar-refractivity contribution is -0.113. The lowest BCUT2D eigenvalue weighted by Gasteiger charge is -2.10. The highest BCUT2D eigenvalue weighted by molar-refractivity contribution is 8.18. The molecular weight excluding hydrogens is 220 g/mol. The third-order valence-electron chi connectivity index (χ3n) is 3.07. The minimum atomic E-state index is -0.0843. The Labute approximate surface area is 101 Å². The van der Waals surface area contributed by atoms with Gasteiger partial charge in [-0.2, -0.15) is 4.99 Å². The van der Waals surface area contributed by atoms with Gasteiger partial charge in [0.05, 0.1) is 4.91 Å². The van der Waals surface area contributed by atoms with E-state index in [0.29, 0.717) is 0 Å². The van der Waals surface area contributed by atoms with Crippen LogP contribution in [0.2, 0.25) is 0 Å². The molecule has 1 aliphatic heterocycles. The molecule has 2 rings (SSSR count). The van der Waals surface area contributed by atoms with Gasteiger partial charge in [-0.05, 0) is 44.4 Å². The quantitative estimate of drug-likeness (QED) is 0.752. The molecule has 1 saturated carbocycles. The van der Waals surface area contributed by atoms with Crippen LogP contribution < -0.4 is 5.32 Å². The maximum Gasteiger partial charge on any atom is 0.286 e. The highest BCUT2D eigenvalue weighted by atomic mass is 32.2. The topological polar surface area (TPSA) is 41.5 Å². The summed E-state index contributed by atoms with van der Waals surface area (Å²) in [6.07, 6.45) is 5.33. The van der Waals surface area contributed by atoms with E-state index in [4.69, 9.17) is 0 Å². The molecule has 0 atom stereocenters. The summed E-state index contributed by atoms with van der Waals surface area (Å²) >= 11 is 1.48. The molecule has 0 spiro atoms. The standard InChI is InChI=1S/C12H18N2OS/c1-8(2)10-11(15)14-12(16-10)13-7-9-5-3-4-6-9/h9H,3-7H2,1-2H3,(H,13,14,15). The molecule has 0 radical (unpaired) electrons. The predicted molar refractivity (Wildman–Crippen MR) is 68.4 cm³/mol. The van der Waals surface area contributed by atoms with Crippen molar-refractivity contribution in [3.63, 3.8) is 0 Å². The van der Waals surface area contributed by atoms with E-state index in [9.17, 15) is 4.79 Å². The summed E-state index contributed by atoms with van der Waals surface area (Å²) in [6, 6.07) is 0. The van der Waals surface area contributed by atoms with Crippen molar-refractivity contribution in [2.24, 2.45) is 10.9 Å². The van der Waals surface area contributed by atoms with E-state index in [-0.39, 0.29) is 5.91 Å². The number of amides is 1. The van der Waals surface area contributed by atoms with E-state index < -0.39 is 0 Å². The van der Waals surface area contributed by atoms with Crippen LogP contribution in [0.3, 0.4) is 0 Å². The number of carbonyl (C=O) groups is 1. The zero-order valence-electron chi connectivity index (χ0n) is 9.88. The molecule has 0 bridgehead atoms. The van der Waals surface area contributed by atoms with Crippen LogP contribution in [0.5, 0.6) is 0 Å². The molecule has 2 aliphatic rings. The van der Waals surface area contributed by atoms with Crippen LogP contribution in [0.25, 0.3) is 0 Å². The zero-order chi connectivity index (χ0) is 11.5. The van der Waals surface area contributed by atoms with Gasteiger partial charge in [0.2, 0.25) is 0 Å². The van der Waals surface area contributed by atoms with Crippen molar-refractivity contribution in [3.8, 4) is 0 Å².